The first kappa shape index (κ1) is 9.75. The van der Waals surface area contributed by atoms with Crippen LogP contribution >= 0.6 is 0 Å². The summed E-state index contributed by atoms with van der Waals surface area (Å²) in [7, 11) is 0. The second-order valence-corrected chi connectivity index (χ2v) is 4.33. The fraction of sp³-hybridized carbons (Fsp3) is 0.800. The van der Waals surface area contributed by atoms with Crippen LogP contribution in [0.25, 0.3) is 0 Å². The number of piperazine rings is 1. The molecule has 1 unspecified atom stereocenters. The van der Waals surface area contributed by atoms with Gasteiger partial charge in [0.1, 0.15) is 0 Å². The molecule has 0 aromatic heterocycles. The van der Waals surface area contributed by atoms with Gasteiger partial charge in [0.2, 0.25) is 0 Å². The van der Waals surface area contributed by atoms with Gasteiger partial charge in [0, 0.05) is 31.2 Å². The standard InChI is InChI=1S/C10H20N2/c1-5-6-12-8-10(3,4)11-7-9(12)2/h5,9,11H,1,6-8H2,2-4H3. The van der Waals surface area contributed by atoms with Gasteiger partial charge in [-0.15, -0.1) is 6.58 Å². The van der Waals surface area contributed by atoms with Crippen LogP contribution in [-0.4, -0.2) is 36.1 Å². The van der Waals surface area contributed by atoms with Crippen LogP contribution in [-0.2, 0) is 0 Å². The second-order valence-electron chi connectivity index (χ2n) is 4.33. The summed E-state index contributed by atoms with van der Waals surface area (Å²) in [6.07, 6.45) is 1.98. The monoisotopic (exact) mass is 168 g/mol. The van der Waals surface area contributed by atoms with E-state index in [2.05, 4.69) is 37.6 Å². The molecule has 1 fully saturated rings. The first-order valence-corrected chi connectivity index (χ1v) is 4.65. The quantitative estimate of drug-likeness (QED) is 0.624. The lowest BCUT2D eigenvalue weighted by Crippen LogP contribution is -2.60. The van der Waals surface area contributed by atoms with Crippen LogP contribution in [0.15, 0.2) is 12.7 Å². The third kappa shape index (κ3) is 2.32. The highest BCUT2D eigenvalue weighted by Gasteiger charge is 2.28. The number of nitrogens with one attached hydrogen (secondary N) is 1. The molecular formula is C10H20N2. The Kier molecular flexibility index (Phi) is 2.91. The normalized spacial score (nSPS) is 30.1. The average Bonchev–Trinajstić information content (AvgIpc) is 1.97. The number of hydrogen-bond donors (Lipinski definition) is 1. The summed E-state index contributed by atoms with van der Waals surface area (Å²) in [5.74, 6) is 0. The first-order chi connectivity index (χ1) is 5.55. The van der Waals surface area contributed by atoms with Gasteiger partial charge in [-0.3, -0.25) is 4.90 Å². The van der Waals surface area contributed by atoms with Crippen LogP contribution in [0.2, 0.25) is 0 Å². The van der Waals surface area contributed by atoms with Gasteiger partial charge in [-0.2, -0.15) is 0 Å². The molecule has 12 heavy (non-hydrogen) atoms. The molecule has 2 nitrogen and oxygen atoms in total. The van der Waals surface area contributed by atoms with Crippen molar-refractivity contribution in [3.8, 4) is 0 Å². The molecular weight excluding hydrogens is 148 g/mol. The zero-order valence-electron chi connectivity index (χ0n) is 8.43. The number of rotatable bonds is 2. The largest absolute Gasteiger partial charge is 0.309 e. The lowest BCUT2D eigenvalue weighted by molar-refractivity contribution is 0.117. The molecule has 0 aromatic rings. The van der Waals surface area contributed by atoms with Crippen molar-refractivity contribution < 1.29 is 0 Å². The van der Waals surface area contributed by atoms with E-state index in [1.165, 1.54) is 0 Å². The van der Waals surface area contributed by atoms with Crippen LogP contribution in [0.5, 0.6) is 0 Å². The van der Waals surface area contributed by atoms with Crippen molar-refractivity contribution in [3.63, 3.8) is 0 Å². The molecule has 1 heterocycles. The molecule has 0 bridgehead atoms. The Morgan fingerprint density at radius 2 is 2.33 bits per heavy atom. The topological polar surface area (TPSA) is 15.3 Å². The van der Waals surface area contributed by atoms with Gasteiger partial charge in [0.25, 0.3) is 0 Å². The van der Waals surface area contributed by atoms with E-state index < -0.39 is 0 Å². The average molecular weight is 168 g/mol. The van der Waals surface area contributed by atoms with E-state index in [-0.39, 0.29) is 5.54 Å². The maximum Gasteiger partial charge on any atom is 0.0253 e. The van der Waals surface area contributed by atoms with Gasteiger partial charge in [0.15, 0.2) is 0 Å². The Bertz CT molecular complexity index is 163. The summed E-state index contributed by atoms with van der Waals surface area (Å²) in [6, 6.07) is 0.635. The van der Waals surface area contributed by atoms with E-state index in [4.69, 9.17) is 0 Å². The minimum Gasteiger partial charge on any atom is -0.309 e. The number of hydrogen-bond acceptors (Lipinski definition) is 2. The molecule has 0 radical (unpaired) electrons. The highest BCUT2D eigenvalue weighted by Crippen LogP contribution is 2.14. The molecule has 1 aliphatic heterocycles. The van der Waals surface area contributed by atoms with Gasteiger partial charge < -0.3 is 5.32 Å². The minimum atomic E-state index is 0.259. The molecule has 1 rings (SSSR count). The molecule has 0 aromatic carbocycles. The zero-order chi connectivity index (χ0) is 9.19. The molecule has 1 aliphatic rings. The summed E-state index contributed by atoms with van der Waals surface area (Å²) in [6.45, 7) is 13.7. The van der Waals surface area contributed by atoms with Crippen LogP contribution in [0.1, 0.15) is 20.8 Å². The summed E-state index contributed by atoms with van der Waals surface area (Å²) >= 11 is 0. The van der Waals surface area contributed by atoms with Crippen molar-refractivity contribution in [1.29, 1.82) is 0 Å². The van der Waals surface area contributed by atoms with E-state index in [0.717, 1.165) is 19.6 Å². The number of nitrogens with zero attached hydrogens (tertiary/aromatic N) is 1. The predicted molar refractivity (Wildman–Crippen MR) is 53.3 cm³/mol. The van der Waals surface area contributed by atoms with Crippen molar-refractivity contribution in [2.24, 2.45) is 0 Å². The molecule has 1 atom stereocenters. The van der Waals surface area contributed by atoms with Crippen molar-refractivity contribution in [3.05, 3.63) is 12.7 Å². The maximum atomic E-state index is 3.77. The summed E-state index contributed by atoms with van der Waals surface area (Å²) in [5.41, 5.74) is 0.259. The molecule has 0 spiro atoms. The first-order valence-electron chi connectivity index (χ1n) is 4.65. The van der Waals surface area contributed by atoms with Crippen LogP contribution < -0.4 is 5.32 Å². The Morgan fingerprint density at radius 1 is 1.67 bits per heavy atom. The molecule has 1 saturated heterocycles. The lowest BCUT2D eigenvalue weighted by atomic mass is 9.99. The molecule has 0 aliphatic carbocycles. The Hall–Kier alpha value is -0.340. The Balaban J connectivity index is 2.53. The van der Waals surface area contributed by atoms with E-state index in [9.17, 15) is 0 Å². The van der Waals surface area contributed by atoms with Crippen LogP contribution in [0.4, 0.5) is 0 Å². The minimum absolute atomic E-state index is 0.259. The molecule has 0 amide bonds. The Morgan fingerprint density at radius 3 is 2.92 bits per heavy atom. The highest BCUT2D eigenvalue weighted by molar-refractivity contribution is 4.92. The summed E-state index contributed by atoms with van der Waals surface area (Å²) in [4.78, 5) is 2.46. The molecule has 2 heteroatoms. The smallest absolute Gasteiger partial charge is 0.0253 e. The summed E-state index contributed by atoms with van der Waals surface area (Å²) in [5, 5.41) is 3.52. The fourth-order valence-corrected chi connectivity index (χ4v) is 1.68. The van der Waals surface area contributed by atoms with Crippen molar-refractivity contribution in [1.82, 2.24) is 10.2 Å². The zero-order valence-corrected chi connectivity index (χ0v) is 8.43. The lowest BCUT2D eigenvalue weighted by Gasteiger charge is -2.43. The van der Waals surface area contributed by atoms with Gasteiger partial charge in [-0.1, -0.05) is 6.08 Å². The highest BCUT2D eigenvalue weighted by atomic mass is 15.2. The van der Waals surface area contributed by atoms with Crippen molar-refractivity contribution in [2.45, 2.75) is 32.4 Å². The van der Waals surface area contributed by atoms with E-state index >= 15 is 0 Å². The third-order valence-corrected chi connectivity index (χ3v) is 2.46. The molecule has 70 valence electrons. The molecule has 1 N–H and O–H groups in total. The van der Waals surface area contributed by atoms with Crippen LogP contribution in [0.3, 0.4) is 0 Å². The van der Waals surface area contributed by atoms with E-state index in [1.807, 2.05) is 6.08 Å². The summed E-state index contributed by atoms with van der Waals surface area (Å²) < 4.78 is 0. The third-order valence-electron chi connectivity index (χ3n) is 2.46. The SMILES string of the molecule is C=CCN1CC(C)(C)NCC1C. The molecule has 0 saturated carbocycles. The van der Waals surface area contributed by atoms with Gasteiger partial charge in [-0.25, -0.2) is 0 Å². The Labute approximate surface area is 75.6 Å². The second kappa shape index (κ2) is 3.58. The van der Waals surface area contributed by atoms with Crippen molar-refractivity contribution >= 4 is 0 Å². The van der Waals surface area contributed by atoms with Gasteiger partial charge >= 0.3 is 0 Å². The van der Waals surface area contributed by atoms with E-state index in [0.29, 0.717) is 6.04 Å². The fourth-order valence-electron chi connectivity index (χ4n) is 1.68. The van der Waals surface area contributed by atoms with Crippen LogP contribution in [0, 0.1) is 0 Å². The maximum absolute atomic E-state index is 3.77. The predicted octanol–water partition coefficient (Wildman–Crippen LogP) is 1.24. The van der Waals surface area contributed by atoms with Gasteiger partial charge in [0.05, 0.1) is 0 Å². The van der Waals surface area contributed by atoms with E-state index in [1.54, 1.807) is 0 Å². The van der Waals surface area contributed by atoms with Crippen molar-refractivity contribution in [2.75, 3.05) is 19.6 Å². The van der Waals surface area contributed by atoms with Gasteiger partial charge in [-0.05, 0) is 20.8 Å².